The van der Waals surface area contributed by atoms with Crippen molar-refractivity contribution in [3.63, 3.8) is 0 Å². The summed E-state index contributed by atoms with van der Waals surface area (Å²) in [7, 11) is 0. The molecule has 1 amide bonds. The Morgan fingerprint density at radius 3 is 2.45 bits per heavy atom. The van der Waals surface area contributed by atoms with Crippen molar-refractivity contribution < 1.29 is 18.3 Å². The van der Waals surface area contributed by atoms with E-state index in [1.807, 2.05) is 0 Å². The van der Waals surface area contributed by atoms with Crippen LogP contribution in [0.5, 0.6) is 5.75 Å². The lowest BCUT2D eigenvalue weighted by molar-refractivity contribution is -0.116. The lowest BCUT2D eigenvalue weighted by atomic mass is 10.2. The van der Waals surface area contributed by atoms with E-state index >= 15 is 0 Å². The predicted octanol–water partition coefficient (Wildman–Crippen LogP) is 4.07. The van der Waals surface area contributed by atoms with Crippen molar-refractivity contribution in [2.45, 2.75) is 19.8 Å². The number of hydrogen-bond acceptors (Lipinski definition) is 2. The fourth-order valence-corrected chi connectivity index (χ4v) is 1.93. The summed E-state index contributed by atoms with van der Waals surface area (Å²) in [5, 5.41) is 2.73. The van der Waals surface area contributed by atoms with Crippen LogP contribution < -0.4 is 10.1 Å². The summed E-state index contributed by atoms with van der Waals surface area (Å²) in [6.45, 7) is 2.10. The van der Waals surface area contributed by atoms with Gasteiger partial charge in [-0.1, -0.05) is 0 Å². The number of halogens is 2. The van der Waals surface area contributed by atoms with Crippen LogP contribution in [0.25, 0.3) is 0 Å². The van der Waals surface area contributed by atoms with Crippen LogP contribution in [-0.4, -0.2) is 12.5 Å². The molecule has 0 bridgehead atoms. The van der Waals surface area contributed by atoms with E-state index in [1.165, 1.54) is 42.5 Å². The van der Waals surface area contributed by atoms with Crippen molar-refractivity contribution in [1.29, 1.82) is 0 Å². The molecule has 0 saturated carbocycles. The molecule has 2 aromatic carbocycles. The van der Waals surface area contributed by atoms with E-state index in [0.29, 0.717) is 30.0 Å². The standard InChI is InChI=1S/C17H17F2NO2/c1-12-11-14(19)6-9-16(12)20-17(21)3-2-10-22-15-7-4-13(18)5-8-15/h4-9,11H,2-3,10H2,1H3,(H,20,21). The molecule has 2 aromatic rings. The Balaban J connectivity index is 1.72. The molecule has 0 fully saturated rings. The summed E-state index contributed by atoms with van der Waals surface area (Å²) in [6, 6.07) is 9.93. The maximum absolute atomic E-state index is 13.0. The Morgan fingerprint density at radius 1 is 1.09 bits per heavy atom. The molecular formula is C17H17F2NO2. The molecule has 0 atom stereocenters. The second-order valence-electron chi connectivity index (χ2n) is 4.91. The Morgan fingerprint density at radius 2 is 1.77 bits per heavy atom. The minimum absolute atomic E-state index is 0.155. The summed E-state index contributed by atoms with van der Waals surface area (Å²) in [6.07, 6.45) is 0.821. The van der Waals surface area contributed by atoms with Crippen LogP contribution in [0.4, 0.5) is 14.5 Å². The first kappa shape index (κ1) is 15.9. The van der Waals surface area contributed by atoms with Crippen molar-refractivity contribution in [3.8, 4) is 5.75 Å². The van der Waals surface area contributed by atoms with Gasteiger partial charge in [-0.15, -0.1) is 0 Å². The van der Waals surface area contributed by atoms with Crippen LogP contribution >= 0.6 is 0 Å². The van der Waals surface area contributed by atoms with Gasteiger partial charge >= 0.3 is 0 Å². The van der Waals surface area contributed by atoms with Gasteiger partial charge in [0.1, 0.15) is 17.4 Å². The largest absolute Gasteiger partial charge is 0.494 e. The molecule has 0 spiro atoms. The smallest absolute Gasteiger partial charge is 0.224 e. The Bertz CT molecular complexity index is 642. The minimum Gasteiger partial charge on any atom is -0.494 e. The zero-order valence-electron chi connectivity index (χ0n) is 12.2. The number of ether oxygens (including phenoxy) is 1. The van der Waals surface area contributed by atoms with E-state index in [2.05, 4.69) is 5.32 Å². The maximum atomic E-state index is 13.0. The Kier molecular flexibility index (Phi) is 5.47. The number of amides is 1. The number of carbonyl (C=O) groups is 1. The van der Waals surface area contributed by atoms with Gasteiger partial charge in [-0.3, -0.25) is 4.79 Å². The van der Waals surface area contributed by atoms with Crippen molar-refractivity contribution in [1.82, 2.24) is 0 Å². The lowest BCUT2D eigenvalue weighted by Crippen LogP contribution is -2.13. The second kappa shape index (κ2) is 7.54. The van der Waals surface area contributed by atoms with Crippen LogP contribution in [0.1, 0.15) is 18.4 Å². The molecule has 0 radical (unpaired) electrons. The number of hydrogen-bond donors (Lipinski definition) is 1. The van der Waals surface area contributed by atoms with E-state index in [1.54, 1.807) is 6.92 Å². The highest BCUT2D eigenvalue weighted by atomic mass is 19.1. The summed E-state index contributed by atoms with van der Waals surface area (Å²) >= 11 is 0. The van der Waals surface area contributed by atoms with Crippen LogP contribution in [0, 0.1) is 18.6 Å². The molecule has 0 aliphatic carbocycles. The van der Waals surface area contributed by atoms with Gasteiger partial charge in [0.05, 0.1) is 6.61 Å². The van der Waals surface area contributed by atoms with Gasteiger partial charge in [-0.2, -0.15) is 0 Å². The summed E-state index contributed by atoms with van der Waals surface area (Å²) in [5.74, 6) is -0.238. The molecule has 0 unspecified atom stereocenters. The zero-order valence-corrected chi connectivity index (χ0v) is 12.2. The van der Waals surface area contributed by atoms with E-state index in [0.717, 1.165) is 0 Å². The van der Waals surface area contributed by atoms with Crippen LogP contribution in [0.2, 0.25) is 0 Å². The number of carbonyl (C=O) groups excluding carboxylic acids is 1. The molecule has 1 N–H and O–H groups in total. The predicted molar refractivity (Wildman–Crippen MR) is 80.9 cm³/mol. The molecule has 0 aliphatic heterocycles. The zero-order chi connectivity index (χ0) is 15.9. The highest BCUT2D eigenvalue weighted by Crippen LogP contribution is 2.16. The van der Waals surface area contributed by atoms with Crippen molar-refractivity contribution in [2.24, 2.45) is 0 Å². The molecule has 0 saturated heterocycles. The number of aryl methyl sites for hydroxylation is 1. The van der Waals surface area contributed by atoms with Gasteiger partial charge in [-0.05, 0) is 61.4 Å². The highest BCUT2D eigenvalue weighted by Gasteiger charge is 2.05. The molecule has 2 rings (SSSR count). The normalized spacial score (nSPS) is 10.3. The second-order valence-corrected chi connectivity index (χ2v) is 4.91. The van der Waals surface area contributed by atoms with E-state index in [9.17, 15) is 13.6 Å². The molecule has 0 aromatic heterocycles. The van der Waals surface area contributed by atoms with E-state index in [-0.39, 0.29) is 24.0 Å². The first-order chi connectivity index (χ1) is 10.5. The topological polar surface area (TPSA) is 38.3 Å². The number of nitrogens with one attached hydrogen (secondary N) is 1. The first-order valence-corrected chi connectivity index (χ1v) is 6.99. The number of rotatable bonds is 6. The Hall–Kier alpha value is -2.43. The SMILES string of the molecule is Cc1cc(F)ccc1NC(=O)CCCOc1ccc(F)cc1. The monoisotopic (exact) mass is 305 g/mol. The number of anilines is 1. The fraction of sp³-hybridized carbons (Fsp3) is 0.235. The number of benzene rings is 2. The molecular weight excluding hydrogens is 288 g/mol. The summed E-state index contributed by atoms with van der Waals surface area (Å²) < 4.78 is 31.1. The molecule has 5 heteroatoms. The third kappa shape index (κ3) is 4.84. The molecule has 0 aliphatic rings. The third-order valence-corrected chi connectivity index (χ3v) is 3.09. The van der Waals surface area contributed by atoms with Gasteiger partial charge in [0, 0.05) is 12.1 Å². The van der Waals surface area contributed by atoms with Crippen molar-refractivity contribution >= 4 is 11.6 Å². The van der Waals surface area contributed by atoms with E-state index < -0.39 is 0 Å². The minimum atomic E-state index is -0.330. The van der Waals surface area contributed by atoms with Gasteiger partial charge in [0.25, 0.3) is 0 Å². The van der Waals surface area contributed by atoms with Crippen LogP contribution in [-0.2, 0) is 4.79 Å². The van der Waals surface area contributed by atoms with Crippen molar-refractivity contribution in [2.75, 3.05) is 11.9 Å². The summed E-state index contributed by atoms with van der Waals surface area (Å²) in [4.78, 5) is 11.8. The fourth-order valence-electron chi connectivity index (χ4n) is 1.93. The van der Waals surface area contributed by atoms with Crippen LogP contribution in [0.3, 0.4) is 0 Å². The summed E-state index contributed by atoms with van der Waals surface area (Å²) in [5.41, 5.74) is 1.28. The van der Waals surface area contributed by atoms with Gasteiger partial charge < -0.3 is 10.1 Å². The third-order valence-electron chi connectivity index (χ3n) is 3.09. The van der Waals surface area contributed by atoms with E-state index in [4.69, 9.17) is 4.74 Å². The lowest BCUT2D eigenvalue weighted by Gasteiger charge is -2.09. The van der Waals surface area contributed by atoms with Gasteiger partial charge in [-0.25, -0.2) is 8.78 Å². The molecule has 3 nitrogen and oxygen atoms in total. The molecule has 22 heavy (non-hydrogen) atoms. The first-order valence-electron chi connectivity index (χ1n) is 6.99. The highest BCUT2D eigenvalue weighted by molar-refractivity contribution is 5.91. The maximum Gasteiger partial charge on any atom is 0.224 e. The van der Waals surface area contributed by atoms with Gasteiger partial charge in [0.15, 0.2) is 0 Å². The van der Waals surface area contributed by atoms with Crippen molar-refractivity contribution in [3.05, 3.63) is 59.7 Å². The van der Waals surface area contributed by atoms with Crippen LogP contribution in [0.15, 0.2) is 42.5 Å². The molecule has 0 heterocycles. The average Bonchev–Trinajstić information content (AvgIpc) is 2.48. The average molecular weight is 305 g/mol. The quantitative estimate of drug-likeness (QED) is 0.817. The molecule has 116 valence electrons. The van der Waals surface area contributed by atoms with Gasteiger partial charge in [0.2, 0.25) is 5.91 Å². The Labute approximate surface area is 127 Å².